The van der Waals surface area contributed by atoms with Gasteiger partial charge in [0, 0.05) is 0 Å². The van der Waals surface area contributed by atoms with Crippen LogP contribution < -0.4 is 0 Å². The van der Waals surface area contributed by atoms with Gasteiger partial charge in [0.1, 0.15) is 0 Å². The van der Waals surface area contributed by atoms with Crippen LogP contribution in [0.2, 0.25) is 0 Å². The molecule has 3 atom stereocenters. The summed E-state index contributed by atoms with van der Waals surface area (Å²) in [5, 5.41) is 0. The summed E-state index contributed by atoms with van der Waals surface area (Å²) in [6.45, 7) is 0. The number of rotatable bonds is 0. The second-order valence-corrected chi connectivity index (χ2v) is 4.82. The zero-order valence-corrected chi connectivity index (χ0v) is 7.18. The number of hydrogen-bond donors (Lipinski definition) is 0. The molecule has 0 aliphatic heterocycles. The molecule has 0 aromatic heterocycles. The quantitative estimate of drug-likeness (QED) is 0.496. The summed E-state index contributed by atoms with van der Waals surface area (Å²) in [4.78, 5) is 0. The van der Waals surface area contributed by atoms with Crippen LogP contribution in [0.5, 0.6) is 0 Å². The maximum Gasteiger partial charge on any atom is -0.0202 e. The molecule has 5 rings (SSSR count). The minimum atomic E-state index is 1.12. The van der Waals surface area contributed by atoms with Gasteiger partial charge in [-0.15, -0.1) is 0 Å². The van der Waals surface area contributed by atoms with Crippen LogP contribution in [-0.4, -0.2) is 0 Å². The summed E-state index contributed by atoms with van der Waals surface area (Å²) in [6.07, 6.45) is 10.8. The fraction of sp³-hybridized carbons (Fsp3) is 0.909. The molecule has 61 valence electrons. The molecule has 0 spiro atoms. The molecule has 5 aliphatic carbocycles. The minimum Gasteiger partial charge on any atom is -0.0530 e. The van der Waals surface area contributed by atoms with Gasteiger partial charge in [0.05, 0.1) is 0 Å². The third kappa shape index (κ3) is 0.878. The zero-order valence-electron chi connectivity index (χ0n) is 7.18. The molecule has 0 aromatic rings. The summed E-state index contributed by atoms with van der Waals surface area (Å²) in [5.41, 5.74) is 0. The third-order valence-electron chi connectivity index (χ3n) is 4.18. The molecule has 5 fully saturated rings. The molecule has 11 heavy (non-hydrogen) atoms. The molecule has 0 amide bonds. The molecular weight excluding hydrogens is 132 g/mol. The van der Waals surface area contributed by atoms with Gasteiger partial charge >= 0.3 is 0 Å². The Kier molecular flexibility index (Phi) is 1.33. The lowest BCUT2D eigenvalue weighted by molar-refractivity contribution is 0.0708. The second kappa shape index (κ2) is 2.24. The first-order valence-corrected chi connectivity index (χ1v) is 5.28. The maximum absolute atomic E-state index is 1.96. The minimum absolute atomic E-state index is 1.12. The van der Waals surface area contributed by atoms with Crippen LogP contribution in [0, 0.1) is 23.7 Å². The number of fused-ring (bicyclic) bond motifs is 3. The highest BCUT2D eigenvalue weighted by Gasteiger charge is 2.47. The van der Waals surface area contributed by atoms with Crippen LogP contribution in [0.25, 0.3) is 0 Å². The second-order valence-electron chi connectivity index (χ2n) is 4.82. The predicted molar refractivity (Wildman–Crippen MR) is 46.0 cm³/mol. The maximum atomic E-state index is 1.96. The molecule has 4 bridgehead atoms. The Hall–Kier alpha value is 0. The standard InChI is InChI=1S/C11H17/c1-2-4-11-9-5-8(3-1)6-10(11)7-9/h8-9,11H,1-7H2. The fourth-order valence-corrected chi connectivity index (χ4v) is 3.62. The van der Waals surface area contributed by atoms with E-state index >= 15 is 0 Å². The van der Waals surface area contributed by atoms with Gasteiger partial charge in [-0.2, -0.15) is 0 Å². The molecule has 1 radical (unpaired) electrons. The van der Waals surface area contributed by atoms with E-state index < -0.39 is 0 Å². The van der Waals surface area contributed by atoms with Gasteiger partial charge in [-0.1, -0.05) is 19.3 Å². The van der Waals surface area contributed by atoms with E-state index in [0.29, 0.717) is 0 Å². The first-order chi connectivity index (χ1) is 5.43. The molecular formula is C11H17. The number of hydrogen-bond acceptors (Lipinski definition) is 0. The smallest absolute Gasteiger partial charge is 0.0202 e. The summed E-state index contributed by atoms with van der Waals surface area (Å²) < 4.78 is 0. The van der Waals surface area contributed by atoms with Crippen molar-refractivity contribution < 1.29 is 0 Å². The van der Waals surface area contributed by atoms with Crippen LogP contribution in [-0.2, 0) is 0 Å². The summed E-state index contributed by atoms with van der Waals surface area (Å²) in [7, 11) is 0. The van der Waals surface area contributed by atoms with E-state index in [1.807, 2.05) is 5.92 Å². The van der Waals surface area contributed by atoms with Crippen molar-refractivity contribution in [2.24, 2.45) is 17.8 Å². The van der Waals surface area contributed by atoms with Gasteiger partial charge in [-0.05, 0) is 49.4 Å². The van der Waals surface area contributed by atoms with Crippen molar-refractivity contribution in [3.8, 4) is 0 Å². The van der Waals surface area contributed by atoms with E-state index in [1.165, 1.54) is 25.7 Å². The van der Waals surface area contributed by atoms with Crippen LogP contribution in [0.15, 0.2) is 0 Å². The Morgan fingerprint density at radius 3 is 2.73 bits per heavy atom. The lowest BCUT2D eigenvalue weighted by Crippen LogP contribution is -2.43. The Balaban J connectivity index is 1.80. The van der Waals surface area contributed by atoms with Gasteiger partial charge in [-0.25, -0.2) is 0 Å². The first kappa shape index (κ1) is 6.51. The van der Waals surface area contributed by atoms with E-state index in [9.17, 15) is 0 Å². The normalized spacial score (nSPS) is 49.6. The Bertz CT molecular complexity index is 149. The highest BCUT2D eigenvalue weighted by atomic mass is 14.5. The Labute approximate surface area is 69.4 Å². The predicted octanol–water partition coefficient (Wildman–Crippen LogP) is 3.18. The molecule has 0 heterocycles. The van der Waals surface area contributed by atoms with E-state index in [-0.39, 0.29) is 0 Å². The average molecular weight is 149 g/mol. The van der Waals surface area contributed by atoms with Crippen molar-refractivity contribution in [2.75, 3.05) is 0 Å². The van der Waals surface area contributed by atoms with Crippen molar-refractivity contribution in [2.45, 2.75) is 44.9 Å². The molecule has 0 N–H and O–H groups in total. The molecule has 3 unspecified atom stereocenters. The molecule has 5 saturated carbocycles. The lowest BCUT2D eigenvalue weighted by Gasteiger charge is -2.54. The van der Waals surface area contributed by atoms with Gasteiger partial charge in [0.15, 0.2) is 0 Å². The lowest BCUT2D eigenvalue weighted by atomic mass is 9.51. The van der Waals surface area contributed by atoms with Crippen molar-refractivity contribution in [3.63, 3.8) is 0 Å². The molecule has 5 aliphatic rings. The van der Waals surface area contributed by atoms with Crippen LogP contribution in [0.3, 0.4) is 0 Å². The summed E-state index contributed by atoms with van der Waals surface area (Å²) >= 11 is 0. The topological polar surface area (TPSA) is 0 Å². The van der Waals surface area contributed by atoms with Crippen LogP contribution in [0.1, 0.15) is 44.9 Å². The van der Waals surface area contributed by atoms with Gasteiger partial charge < -0.3 is 0 Å². The van der Waals surface area contributed by atoms with Crippen LogP contribution >= 0.6 is 0 Å². The van der Waals surface area contributed by atoms with Crippen molar-refractivity contribution in [3.05, 3.63) is 5.92 Å². The van der Waals surface area contributed by atoms with E-state index in [1.54, 1.807) is 19.3 Å². The van der Waals surface area contributed by atoms with Crippen LogP contribution in [0.4, 0.5) is 0 Å². The van der Waals surface area contributed by atoms with Crippen molar-refractivity contribution in [1.29, 1.82) is 0 Å². The summed E-state index contributed by atoms with van der Waals surface area (Å²) in [5.74, 6) is 5.36. The van der Waals surface area contributed by atoms with E-state index in [0.717, 1.165) is 17.8 Å². The highest BCUT2D eigenvalue weighted by Crippen LogP contribution is 2.58. The summed E-state index contributed by atoms with van der Waals surface area (Å²) in [6, 6.07) is 0. The SMILES string of the molecule is C1CCC2[C]3CC(C1)CC2C3. The fourth-order valence-electron chi connectivity index (χ4n) is 3.62. The monoisotopic (exact) mass is 149 g/mol. The Morgan fingerprint density at radius 1 is 1.00 bits per heavy atom. The average Bonchev–Trinajstić information content (AvgIpc) is 2.00. The van der Waals surface area contributed by atoms with Gasteiger partial charge in [-0.3, -0.25) is 0 Å². The van der Waals surface area contributed by atoms with E-state index in [4.69, 9.17) is 0 Å². The van der Waals surface area contributed by atoms with Crippen molar-refractivity contribution in [1.82, 2.24) is 0 Å². The van der Waals surface area contributed by atoms with Gasteiger partial charge in [0.25, 0.3) is 0 Å². The zero-order chi connectivity index (χ0) is 7.26. The molecule has 0 nitrogen and oxygen atoms in total. The molecule has 0 heteroatoms. The molecule has 0 aromatic carbocycles. The van der Waals surface area contributed by atoms with E-state index in [2.05, 4.69) is 0 Å². The highest BCUT2D eigenvalue weighted by molar-refractivity contribution is 5.15. The van der Waals surface area contributed by atoms with Crippen molar-refractivity contribution >= 4 is 0 Å². The third-order valence-corrected chi connectivity index (χ3v) is 4.18. The van der Waals surface area contributed by atoms with Gasteiger partial charge in [0.2, 0.25) is 0 Å². The first-order valence-electron chi connectivity index (χ1n) is 5.28. The molecule has 0 saturated heterocycles. The Morgan fingerprint density at radius 2 is 1.91 bits per heavy atom. The largest absolute Gasteiger partial charge is 0.0530 e.